The maximum atomic E-state index is 13.1. The highest BCUT2D eigenvalue weighted by molar-refractivity contribution is 6.46. The molecule has 130 valence electrons. The summed E-state index contributed by atoms with van der Waals surface area (Å²) in [6.07, 6.45) is -1.32. The minimum absolute atomic E-state index is 0.188. The number of halogens is 1. The molecule has 1 atom stereocenters. The lowest BCUT2D eigenvalue weighted by atomic mass is 10.0. The summed E-state index contributed by atoms with van der Waals surface area (Å²) < 4.78 is 18.6. The zero-order chi connectivity index (χ0) is 18.4. The molecule has 0 aliphatic heterocycles. The second-order valence-corrected chi connectivity index (χ2v) is 5.35. The fourth-order valence-corrected chi connectivity index (χ4v) is 2.12. The van der Waals surface area contributed by atoms with E-state index in [0.717, 1.165) is 0 Å². The van der Waals surface area contributed by atoms with Gasteiger partial charge in [-0.05, 0) is 48.9 Å². The van der Waals surface area contributed by atoms with Gasteiger partial charge in [0.1, 0.15) is 23.9 Å². The van der Waals surface area contributed by atoms with Crippen LogP contribution in [0.1, 0.15) is 18.1 Å². The predicted molar refractivity (Wildman–Crippen MR) is 89.6 cm³/mol. The van der Waals surface area contributed by atoms with Crippen molar-refractivity contribution in [2.45, 2.75) is 19.6 Å². The molecule has 0 unspecified atom stereocenters. The third kappa shape index (κ3) is 5.13. The van der Waals surface area contributed by atoms with Gasteiger partial charge in [-0.3, -0.25) is 10.2 Å². The van der Waals surface area contributed by atoms with Crippen molar-refractivity contribution in [2.75, 3.05) is 0 Å². The maximum Gasteiger partial charge on any atom is 0.405 e. The molecular weight excluding hydrogens is 327 g/mol. The molecule has 2 aromatic rings. The summed E-state index contributed by atoms with van der Waals surface area (Å²) in [5.41, 5.74) is 0.737. The van der Waals surface area contributed by atoms with Gasteiger partial charge in [-0.1, -0.05) is 12.1 Å². The Morgan fingerprint density at radius 1 is 1.24 bits per heavy atom. The molecule has 0 radical (unpaired) electrons. The number of rotatable bonds is 7. The van der Waals surface area contributed by atoms with Crippen LogP contribution in [0.4, 0.5) is 9.18 Å². The fourth-order valence-electron chi connectivity index (χ4n) is 2.12. The zero-order valence-corrected chi connectivity index (χ0v) is 13.5. The van der Waals surface area contributed by atoms with Crippen LogP contribution in [0.15, 0.2) is 48.5 Å². The highest BCUT2D eigenvalue weighted by Crippen LogP contribution is 2.15. The molecule has 0 heterocycles. The standard InChI is InChI=1S/C18H17FN2O4/c1-11(21-18(23)24)17(22)16(20)13-5-7-15(8-6-13)25-10-12-3-2-4-14(19)9-12/h2-9,11,20-21H,10H2,1H3,(H,23,24)/t11-/m0/s1. The lowest BCUT2D eigenvalue weighted by molar-refractivity contribution is -0.114. The Morgan fingerprint density at radius 3 is 2.52 bits per heavy atom. The Kier molecular flexibility index (Phi) is 5.84. The van der Waals surface area contributed by atoms with Crippen molar-refractivity contribution >= 4 is 17.6 Å². The number of hydrogen-bond donors (Lipinski definition) is 3. The first-order chi connectivity index (χ1) is 11.9. The average molecular weight is 344 g/mol. The summed E-state index contributed by atoms with van der Waals surface area (Å²) in [5, 5.41) is 18.5. The maximum absolute atomic E-state index is 13.1. The first kappa shape index (κ1) is 18.1. The highest BCUT2D eigenvalue weighted by Gasteiger charge is 2.20. The molecule has 2 rings (SSSR count). The van der Waals surface area contributed by atoms with E-state index in [1.54, 1.807) is 24.3 Å². The van der Waals surface area contributed by atoms with Gasteiger partial charge >= 0.3 is 6.09 Å². The van der Waals surface area contributed by atoms with Crippen molar-refractivity contribution in [1.29, 1.82) is 5.41 Å². The number of carboxylic acid groups (broad SMARTS) is 1. The highest BCUT2D eigenvalue weighted by atomic mass is 19.1. The molecule has 1 amide bonds. The molecule has 3 N–H and O–H groups in total. The molecular formula is C18H17FN2O4. The molecule has 0 bridgehead atoms. The van der Waals surface area contributed by atoms with Gasteiger partial charge < -0.3 is 15.2 Å². The van der Waals surface area contributed by atoms with Gasteiger partial charge in [0.15, 0.2) is 0 Å². The number of ketones is 1. The van der Waals surface area contributed by atoms with Crippen LogP contribution < -0.4 is 10.1 Å². The molecule has 0 fully saturated rings. The fraction of sp³-hybridized carbons (Fsp3) is 0.167. The first-order valence-corrected chi connectivity index (χ1v) is 7.46. The molecule has 25 heavy (non-hydrogen) atoms. The van der Waals surface area contributed by atoms with Crippen molar-refractivity contribution in [3.63, 3.8) is 0 Å². The van der Waals surface area contributed by atoms with Crippen LogP contribution in [0.5, 0.6) is 5.75 Å². The molecule has 0 saturated heterocycles. The Bertz CT molecular complexity index is 790. The number of Topliss-reactive ketones (excluding diaryl/α,β-unsaturated/α-hetero) is 1. The summed E-state index contributed by atoms with van der Waals surface area (Å²) in [5.74, 6) is -0.465. The van der Waals surface area contributed by atoms with Gasteiger partial charge in [0.05, 0.1) is 6.04 Å². The van der Waals surface area contributed by atoms with Gasteiger partial charge in [-0.2, -0.15) is 0 Å². The van der Waals surface area contributed by atoms with Crippen molar-refractivity contribution in [3.8, 4) is 5.75 Å². The van der Waals surface area contributed by atoms with E-state index in [4.69, 9.17) is 15.3 Å². The monoisotopic (exact) mass is 344 g/mol. The first-order valence-electron chi connectivity index (χ1n) is 7.46. The van der Waals surface area contributed by atoms with E-state index < -0.39 is 17.9 Å². The number of benzene rings is 2. The molecule has 0 aliphatic carbocycles. The number of ether oxygens (including phenoxy) is 1. The third-order valence-corrected chi connectivity index (χ3v) is 3.42. The minimum atomic E-state index is -1.32. The van der Waals surface area contributed by atoms with Crippen LogP contribution in [-0.4, -0.2) is 28.7 Å². The van der Waals surface area contributed by atoms with Crippen LogP contribution in [-0.2, 0) is 11.4 Å². The van der Waals surface area contributed by atoms with E-state index in [2.05, 4.69) is 0 Å². The molecule has 0 aromatic heterocycles. The van der Waals surface area contributed by atoms with E-state index in [1.165, 1.54) is 31.2 Å². The van der Waals surface area contributed by atoms with Crippen molar-refractivity contribution in [2.24, 2.45) is 0 Å². The van der Waals surface area contributed by atoms with Gasteiger partial charge in [0, 0.05) is 5.56 Å². The van der Waals surface area contributed by atoms with Crippen LogP contribution >= 0.6 is 0 Å². The van der Waals surface area contributed by atoms with Crippen molar-refractivity contribution < 1.29 is 23.8 Å². The molecule has 0 aliphatic rings. The second kappa shape index (κ2) is 8.05. The van der Waals surface area contributed by atoms with E-state index in [0.29, 0.717) is 16.9 Å². The third-order valence-electron chi connectivity index (χ3n) is 3.42. The van der Waals surface area contributed by atoms with E-state index in [9.17, 15) is 14.0 Å². The van der Waals surface area contributed by atoms with Gasteiger partial charge in [0.2, 0.25) is 5.78 Å². The number of nitrogens with one attached hydrogen (secondary N) is 2. The van der Waals surface area contributed by atoms with Gasteiger partial charge in [-0.15, -0.1) is 0 Å². The summed E-state index contributed by atoms with van der Waals surface area (Å²) in [4.78, 5) is 22.5. The summed E-state index contributed by atoms with van der Waals surface area (Å²) in [7, 11) is 0. The quantitative estimate of drug-likeness (QED) is 0.672. The Labute approximate surface area is 143 Å². The summed E-state index contributed by atoms with van der Waals surface area (Å²) in [6, 6.07) is 11.3. The molecule has 7 heteroatoms. The largest absolute Gasteiger partial charge is 0.489 e. The molecule has 0 spiro atoms. The lowest BCUT2D eigenvalue weighted by Gasteiger charge is -2.12. The summed E-state index contributed by atoms with van der Waals surface area (Å²) in [6.45, 7) is 1.56. The van der Waals surface area contributed by atoms with E-state index in [1.807, 2.05) is 5.32 Å². The minimum Gasteiger partial charge on any atom is -0.489 e. The van der Waals surface area contributed by atoms with Crippen LogP contribution in [0.2, 0.25) is 0 Å². The van der Waals surface area contributed by atoms with Crippen LogP contribution in [0.3, 0.4) is 0 Å². The topological polar surface area (TPSA) is 99.5 Å². The van der Waals surface area contributed by atoms with Crippen molar-refractivity contribution in [3.05, 3.63) is 65.5 Å². The average Bonchev–Trinajstić information content (AvgIpc) is 2.58. The summed E-state index contributed by atoms with van der Waals surface area (Å²) >= 11 is 0. The Hall–Kier alpha value is -3.22. The zero-order valence-electron chi connectivity index (χ0n) is 13.5. The number of hydrogen-bond acceptors (Lipinski definition) is 4. The Balaban J connectivity index is 1.98. The smallest absolute Gasteiger partial charge is 0.405 e. The molecule has 2 aromatic carbocycles. The number of carbonyl (C=O) groups is 2. The number of amides is 1. The van der Waals surface area contributed by atoms with Crippen LogP contribution in [0.25, 0.3) is 0 Å². The SMILES string of the molecule is C[C@H](NC(=O)O)C(=O)C(=N)c1ccc(OCc2cccc(F)c2)cc1. The molecule has 0 saturated carbocycles. The number of carbonyl (C=O) groups excluding carboxylic acids is 1. The van der Waals surface area contributed by atoms with Gasteiger partial charge in [0.25, 0.3) is 0 Å². The lowest BCUT2D eigenvalue weighted by Crippen LogP contribution is -2.41. The van der Waals surface area contributed by atoms with Crippen LogP contribution in [0, 0.1) is 11.2 Å². The Morgan fingerprint density at radius 2 is 1.92 bits per heavy atom. The van der Waals surface area contributed by atoms with E-state index in [-0.39, 0.29) is 18.1 Å². The normalized spacial score (nSPS) is 11.4. The van der Waals surface area contributed by atoms with Crippen molar-refractivity contribution in [1.82, 2.24) is 5.32 Å². The van der Waals surface area contributed by atoms with E-state index >= 15 is 0 Å². The predicted octanol–water partition coefficient (Wildman–Crippen LogP) is 3.00. The van der Waals surface area contributed by atoms with Gasteiger partial charge in [-0.25, -0.2) is 9.18 Å². The molecule has 6 nitrogen and oxygen atoms in total. The second-order valence-electron chi connectivity index (χ2n) is 5.35.